The van der Waals surface area contributed by atoms with Crippen LogP contribution in [0.2, 0.25) is 10.0 Å². The van der Waals surface area contributed by atoms with Gasteiger partial charge in [0.25, 0.3) is 5.91 Å². The smallest absolute Gasteiger partial charge is 0.253 e. The fourth-order valence-electron chi connectivity index (χ4n) is 4.75. The van der Waals surface area contributed by atoms with Crippen LogP contribution in [0.5, 0.6) is 0 Å². The van der Waals surface area contributed by atoms with Gasteiger partial charge in [0.2, 0.25) is 0 Å². The first kappa shape index (κ1) is 27.5. The summed E-state index contributed by atoms with van der Waals surface area (Å²) >= 11 is 12.5. The van der Waals surface area contributed by atoms with Crippen LogP contribution in [0.4, 0.5) is 0 Å². The van der Waals surface area contributed by atoms with Crippen molar-refractivity contribution in [3.8, 4) is 0 Å². The van der Waals surface area contributed by atoms with Crippen LogP contribution >= 0.6 is 35.6 Å². The van der Waals surface area contributed by atoms with Crippen LogP contribution in [0, 0.1) is 0 Å². The molecule has 35 heavy (non-hydrogen) atoms. The number of carbonyl (C=O) groups excluding carboxylic acids is 1. The molecule has 7 heteroatoms. The lowest BCUT2D eigenvalue weighted by molar-refractivity contribution is 0.0781. The Morgan fingerprint density at radius 2 is 1.74 bits per heavy atom. The molecule has 0 unspecified atom stereocenters. The van der Waals surface area contributed by atoms with Gasteiger partial charge in [-0.15, -0.1) is 12.4 Å². The van der Waals surface area contributed by atoms with Gasteiger partial charge in [-0.1, -0.05) is 53.5 Å². The minimum absolute atomic E-state index is 0. The predicted molar refractivity (Wildman–Crippen MR) is 147 cm³/mol. The van der Waals surface area contributed by atoms with E-state index in [2.05, 4.69) is 22.0 Å². The van der Waals surface area contributed by atoms with Crippen LogP contribution in [0.15, 0.2) is 72.9 Å². The molecule has 1 saturated heterocycles. The number of amides is 1. The zero-order valence-corrected chi connectivity index (χ0v) is 22.3. The second kappa shape index (κ2) is 13.3. The van der Waals surface area contributed by atoms with E-state index >= 15 is 0 Å². The van der Waals surface area contributed by atoms with E-state index in [0.717, 1.165) is 44.5 Å². The molecule has 2 heterocycles. The Bertz CT molecular complexity index is 1070. The van der Waals surface area contributed by atoms with Gasteiger partial charge in [-0.05, 0) is 80.9 Å². The summed E-state index contributed by atoms with van der Waals surface area (Å²) in [6.45, 7) is 3.73. The van der Waals surface area contributed by atoms with Crippen molar-refractivity contribution in [3.63, 3.8) is 0 Å². The van der Waals surface area contributed by atoms with Crippen molar-refractivity contribution in [2.24, 2.45) is 0 Å². The molecule has 0 N–H and O–H groups in total. The number of rotatable bonds is 8. The van der Waals surface area contributed by atoms with E-state index in [4.69, 9.17) is 23.2 Å². The number of benzene rings is 2. The van der Waals surface area contributed by atoms with E-state index in [1.54, 1.807) is 0 Å². The highest BCUT2D eigenvalue weighted by Gasteiger charge is 2.24. The minimum Gasteiger partial charge on any atom is -0.341 e. The minimum atomic E-state index is 0. The standard InChI is InChI=1S/C28H31Cl2N3O.ClH/c1-32(28(34)22-7-3-2-4-8-22)20-24(23-10-11-25(29)26(30)19-23)14-18-33-16-12-21(13-17-33)27-9-5-6-15-31-27;/h2-11,15,19,21,24H,12-14,16-18,20H2,1H3;1H/t24-;/m1./s1. The Balaban J connectivity index is 0.00000342. The van der Waals surface area contributed by atoms with Crippen LogP contribution in [-0.2, 0) is 0 Å². The molecule has 0 bridgehead atoms. The SMILES string of the molecule is CN(C[C@@H](CCN1CCC(c2ccccn2)CC1)c1ccc(Cl)c(Cl)c1)C(=O)c1ccccc1.Cl. The molecule has 1 aromatic heterocycles. The van der Waals surface area contributed by atoms with E-state index in [0.29, 0.717) is 28.1 Å². The highest BCUT2D eigenvalue weighted by atomic mass is 35.5. The molecule has 1 aliphatic rings. The number of hydrogen-bond acceptors (Lipinski definition) is 3. The van der Waals surface area contributed by atoms with Gasteiger partial charge in [-0.3, -0.25) is 9.78 Å². The Morgan fingerprint density at radius 1 is 1.03 bits per heavy atom. The number of aromatic nitrogens is 1. The summed E-state index contributed by atoms with van der Waals surface area (Å²) in [6.07, 6.45) is 5.08. The van der Waals surface area contributed by atoms with Crippen LogP contribution in [0.1, 0.15) is 52.7 Å². The van der Waals surface area contributed by atoms with Crippen molar-refractivity contribution in [1.82, 2.24) is 14.8 Å². The third-order valence-corrected chi connectivity index (χ3v) is 7.50. The molecule has 0 radical (unpaired) electrons. The zero-order chi connectivity index (χ0) is 23.9. The van der Waals surface area contributed by atoms with Crippen LogP contribution in [0.3, 0.4) is 0 Å². The molecule has 2 aromatic carbocycles. The summed E-state index contributed by atoms with van der Waals surface area (Å²) in [6, 6.07) is 21.5. The zero-order valence-electron chi connectivity index (χ0n) is 19.9. The highest BCUT2D eigenvalue weighted by molar-refractivity contribution is 6.42. The summed E-state index contributed by atoms with van der Waals surface area (Å²) in [7, 11) is 1.87. The normalized spacial score (nSPS) is 15.3. The number of likely N-dealkylation sites (N-methyl/N-ethyl adjacent to an activating group) is 1. The molecule has 0 saturated carbocycles. The van der Waals surface area contributed by atoms with E-state index in [-0.39, 0.29) is 24.2 Å². The average molecular weight is 533 g/mol. The average Bonchev–Trinajstić information content (AvgIpc) is 2.89. The molecule has 3 aromatic rings. The first-order valence-corrected chi connectivity index (χ1v) is 12.7. The predicted octanol–water partition coefficient (Wildman–Crippen LogP) is 6.94. The molecule has 1 amide bonds. The van der Waals surface area contributed by atoms with Gasteiger partial charge in [-0.25, -0.2) is 0 Å². The monoisotopic (exact) mass is 531 g/mol. The summed E-state index contributed by atoms with van der Waals surface area (Å²) in [5, 5.41) is 1.10. The lowest BCUT2D eigenvalue weighted by Crippen LogP contribution is -2.36. The molecule has 4 rings (SSSR count). The molecule has 0 spiro atoms. The summed E-state index contributed by atoms with van der Waals surface area (Å²) in [4.78, 5) is 21.9. The van der Waals surface area contributed by atoms with Crippen molar-refractivity contribution in [1.29, 1.82) is 0 Å². The lowest BCUT2D eigenvalue weighted by Gasteiger charge is -2.33. The Labute approximate surface area is 224 Å². The van der Waals surface area contributed by atoms with Crippen LogP contribution in [-0.4, -0.2) is 53.9 Å². The molecule has 1 aliphatic heterocycles. The van der Waals surface area contributed by atoms with Crippen molar-refractivity contribution >= 4 is 41.5 Å². The largest absolute Gasteiger partial charge is 0.341 e. The highest BCUT2D eigenvalue weighted by Crippen LogP contribution is 2.31. The van der Waals surface area contributed by atoms with Crippen molar-refractivity contribution in [3.05, 3.63) is 99.8 Å². The van der Waals surface area contributed by atoms with Crippen LogP contribution < -0.4 is 0 Å². The topological polar surface area (TPSA) is 36.4 Å². The van der Waals surface area contributed by atoms with Crippen molar-refractivity contribution in [2.75, 3.05) is 33.2 Å². The Kier molecular flexibility index (Phi) is 10.4. The van der Waals surface area contributed by atoms with Gasteiger partial charge >= 0.3 is 0 Å². The fraction of sp³-hybridized carbons (Fsp3) is 0.357. The number of halogens is 3. The third-order valence-electron chi connectivity index (χ3n) is 6.76. The number of carbonyl (C=O) groups is 1. The van der Waals surface area contributed by atoms with Crippen molar-refractivity contribution < 1.29 is 4.79 Å². The van der Waals surface area contributed by atoms with E-state index in [1.165, 1.54) is 5.69 Å². The Morgan fingerprint density at radius 3 is 2.40 bits per heavy atom. The molecular weight excluding hydrogens is 501 g/mol. The maximum Gasteiger partial charge on any atom is 0.253 e. The molecule has 4 nitrogen and oxygen atoms in total. The number of pyridine rings is 1. The molecule has 0 aliphatic carbocycles. The van der Waals surface area contributed by atoms with E-state index in [1.807, 2.05) is 72.7 Å². The van der Waals surface area contributed by atoms with Crippen LogP contribution in [0.25, 0.3) is 0 Å². The second-order valence-electron chi connectivity index (χ2n) is 9.08. The lowest BCUT2D eigenvalue weighted by atomic mass is 9.91. The van der Waals surface area contributed by atoms with Gasteiger partial charge < -0.3 is 9.80 Å². The van der Waals surface area contributed by atoms with Gasteiger partial charge in [0, 0.05) is 42.9 Å². The van der Waals surface area contributed by atoms with E-state index < -0.39 is 0 Å². The van der Waals surface area contributed by atoms with Gasteiger partial charge in [-0.2, -0.15) is 0 Å². The quantitative estimate of drug-likeness (QED) is 0.315. The number of likely N-dealkylation sites (tertiary alicyclic amines) is 1. The molecule has 1 fully saturated rings. The van der Waals surface area contributed by atoms with E-state index in [9.17, 15) is 4.79 Å². The molecule has 1 atom stereocenters. The third kappa shape index (κ3) is 7.44. The number of hydrogen-bond donors (Lipinski definition) is 0. The van der Waals surface area contributed by atoms with Gasteiger partial charge in [0.15, 0.2) is 0 Å². The molecule has 186 valence electrons. The maximum atomic E-state index is 13.0. The maximum absolute atomic E-state index is 13.0. The number of nitrogens with zero attached hydrogens (tertiary/aromatic N) is 3. The second-order valence-corrected chi connectivity index (χ2v) is 9.90. The van der Waals surface area contributed by atoms with Gasteiger partial charge in [0.05, 0.1) is 10.0 Å². The summed E-state index contributed by atoms with van der Waals surface area (Å²) in [5.74, 6) is 0.737. The first-order valence-electron chi connectivity index (χ1n) is 11.9. The fourth-order valence-corrected chi connectivity index (χ4v) is 5.06. The molecular formula is C28H32Cl3N3O. The summed E-state index contributed by atoms with van der Waals surface area (Å²) in [5.41, 5.74) is 3.02. The summed E-state index contributed by atoms with van der Waals surface area (Å²) < 4.78 is 0. The van der Waals surface area contributed by atoms with Crippen molar-refractivity contribution in [2.45, 2.75) is 31.1 Å². The number of piperidine rings is 1. The Hall–Kier alpha value is -2.11. The van der Waals surface area contributed by atoms with Gasteiger partial charge in [0.1, 0.15) is 0 Å². The first-order chi connectivity index (χ1) is 16.5.